The monoisotopic (exact) mass is 528 g/mol. The highest BCUT2D eigenvalue weighted by atomic mass is 16.5. The van der Waals surface area contributed by atoms with Crippen molar-refractivity contribution in [1.82, 2.24) is 9.55 Å². The predicted molar refractivity (Wildman–Crippen MR) is 154 cm³/mol. The fourth-order valence-corrected chi connectivity index (χ4v) is 4.64. The lowest BCUT2D eigenvalue weighted by molar-refractivity contribution is -0.116. The molecule has 204 valence electrons. The number of hydrogen-bond acceptors (Lipinski definition) is 6. The highest BCUT2D eigenvalue weighted by molar-refractivity contribution is 6.11. The third-order valence-electron chi connectivity index (χ3n) is 6.82. The second kappa shape index (κ2) is 13.6. The molecule has 0 unspecified atom stereocenters. The van der Waals surface area contributed by atoms with Crippen LogP contribution in [0.15, 0.2) is 72.9 Å². The number of nitrogens with zero attached hydrogens (tertiary/aromatic N) is 2. The molecule has 2 heterocycles. The number of pyridine rings is 1. The van der Waals surface area contributed by atoms with Crippen molar-refractivity contribution in [2.75, 3.05) is 38.0 Å². The van der Waals surface area contributed by atoms with Gasteiger partial charge >= 0.3 is 5.97 Å². The maximum Gasteiger partial charge on any atom is 0.356 e. The average molecular weight is 529 g/mol. The molecule has 1 amide bonds. The van der Waals surface area contributed by atoms with Crippen LogP contribution >= 0.6 is 0 Å². The van der Waals surface area contributed by atoms with E-state index in [4.69, 9.17) is 9.47 Å². The van der Waals surface area contributed by atoms with E-state index in [1.165, 1.54) is 12.7 Å². The van der Waals surface area contributed by atoms with Crippen LogP contribution in [0.5, 0.6) is 0 Å². The molecule has 2 aromatic heterocycles. The summed E-state index contributed by atoms with van der Waals surface area (Å²) in [4.78, 5) is 30.7. The molecule has 0 spiro atoms. The SMILES string of the molecule is COCCn1c(C(=O)OC)c(NC(=O)CCc2ccccc2)c2cc(NCC[C@@H](C)c3ccccc3)cnc21. The lowest BCUT2D eigenvalue weighted by Gasteiger charge is -2.13. The summed E-state index contributed by atoms with van der Waals surface area (Å²) >= 11 is 0. The number of fused-ring (bicyclic) bond motifs is 1. The maximum absolute atomic E-state index is 13.0. The molecular formula is C31H36N4O4. The Bertz CT molecular complexity index is 1390. The third kappa shape index (κ3) is 7.03. The Morgan fingerprint density at radius 1 is 1.03 bits per heavy atom. The Balaban J connectivity index is 1.59. The number of nitrogens with one attached hydrogen (secondary N) is 2. The molecule has 0 aliphatic rings. The Morgan fingerprint density at radius 2 is 1.74 bits per heavy atom. The molecule has 8 nitrogen and oxygen atoms in total. The Morgan fingerprint density at radius 3 is 2.44 bits per heavy atom. The van der Waals surface area contributed by atoms with Crippen LogP contribution in [-0.4, -0.2) is 48.8 Å². The van der Waals surface area contributed by atoms with E-state index in [1.807, 2.05) is 42.5 Å². The van der Waals surface area contributed by atoms with Crippen molar-refractivity contribution >= 4 is 34.3 Å². The molecule has 0 bridgehead atoms. The van der Waals surface area contributed by atoms with Gasteiger partial charge in [0.2, 0.25) is 5.91 Å². The largest absolute Gasteiger partial charge is 0.464 e. The van der Waals surface area contributed by atoms with Crippen LogP contribution < -0.4 is 10.6 Å². The fraction of sp³-hybridized carbons (Fsp3) is 0.323. The van der Waals surface area contributed by atoms with E-state index in [9.17, 15) is 9.59 Å². The van der Waals surface area contributed by atoms with Gasteiger partial charge in [0.1, 0.15) is 5.65 Å². The van der Waals surface area contributed by atoms with Gasteiger partial charge in [-0.05, 0) is 36.0 Å². The first-order valence-corrected chi connectivity index (χ1v) is 13.2. The van der Waals surface area contributed by atoms with Crippen molar-refractivity contribution in [3.63, 3.8) is 0 Å². The number of benzene rings is 2. The summed E-state index contributed by atoms with van der Waals surface area (Å²) in [6.45, 7) is 3.70. The van der Waals surface area contributed by atoms with E-state index in [0.717, 1.165) is 24.2 Å². The van der Waals surface area contributed by atoms with Crippen molar-refractivity contribution in [2.45, 2.75) is 38.6 Å². The Kier molecular flexibility index (Phi) is 9.69. The topological polar surface area (TPSA) is 94.5 Å². The molecule has 4 aromatic rings. The van der Waals surface area contributed by atoms with Crippen LogP contribution in [0.2, 0.25) is 0 Å². The summed E-state index contributed by atoms with van der Waals surface area (Å²) in [6, 6.07) is 22.2. The van der Waals surface area contributed by atoms with Gasteiger partial charge in [-0.15, -0.1) is 0 Å². The first-order chi connectivity index (χ1) is 19.0. The van der Waals surface area contributed by atoms with Gasteiger partial charge in [0.15, 0.2) is 5.69 Å². The van der Waals surface area contributed by atoms with E-state index in [1.54, 1.807) is 17.9 Å². The number of esters is 1. The molecule has 0 radical (unpaired) electrons. The maximum atomic E-state index is 13.0. The van der Waals surface area contributed by atoms with Crippen LogP contribution in [0, 0.1) is 0 Å². The molecule has 4 rings (SSSR count). The smallest absolute Gasteiger partial charge is 0.356 e. The van der Waals surface area contributed by atoms with Crippen molar-refractivity contribution in [2.24, 2.45) is 0 Å². The standard InChI is InChI=1S/C31H36N4O4/c1-22(24-12-8-5-9-13-24)16-17-32-25-20-26-28(34-27(36)15-14-23-10-6-4-7-11-23)29(31(37)39-3)35(18-19-38-2)30(26)33-21-25/h4-13,20-22,32H,14-19H2,1-3H3,(H,34,36)/t22-/m1/s1. The van der Waals surface area contributed by atoms with Gasteiger partial charge in [-0.1, -0.05) is 67.6 Å². The molecule has 0 saturated heterocycles. The minimum atomic E-state index is -0.548. The highest BCUT2D eigenvalue weighted by Gasteiger charge is 2.26. The lowest BCUT2D eigenvalue weighted by atomic mass is 9.98. The van der Waals surface area contributed by atoms with Gasteiger partial charge in [0.25, 0.3) is 0 Å². The molecule has 0 fully saturated rings. The Hall–Kier alpha value is -4.17. The quantitative estimate of drug-likeness (QED) is 0.218. The summed E-state index contributed by atoms with van der Waals surface area (Å²) in [5.41, 5.74) is 4.41. The molecule has 39 heavy (non-hydrogen) atoms. The second-order valence-electron chi connectivity index (χ2n) is 9.52. The summed E-state index contributed by atoms with van der Waals surface area (Å²) in [5, 5.41) is 7.11. The molecule has 8 heteroatoms. The zero-order valence-electron chi connectivity index (χ0n) is 22.8. The second-order valence-corrected chi connectivity index (χ2v) is 9.52. The number of anilines is 2. The predicted octanol–water partition coefficient (Wildman–Crippen LogP) is 5.65. The van der Waals surface area contributed by atoms with Crippen LogP contribution in [-0.2, 0) is 27.2 Å². The van der Waals surface area contributed by atoms with Gasteiger partial charge in [0, 0.05) is 32.0 Å². The molecule has 0 saturated carbocycles. The molecule has 2 aromatic carbocycles. The van der Waals surface area contributed by atoms with Gasteiger partial charge in [0.05, 0.1) is 31.3 Å². The normalized spacial score (nSPS) is 11.8. The Labute approximate surface area is 229 Å². The van der Waals surface area contributed by atoms with Gasteiger partial charge in [-0.25, -0.2) is 9.78 Å². The minimum absolute atomic E-state index is 0.190. The van der Waals surface area contributed by atoms with Crippen LogP contribution in [0.1, 0.15) is 47.3 Å². The van der Waals surface area contributed by atoms with Crippen LogP contribution in [0.3, 0.4) is 0 Å². The van der Waals surface area contributed by atoms with Crippen molar-refractivity contribution in [1.29, 1.82) is 0 Å². The first kappa shape index (κ1) is 27.9. The number of methoxy groups -OCH3 is 2. The summed E-state index contributed by atoms with van der Waals surface area (Å²) < 4.78 is 12.1. The van der Waals surface area contributed by atoms with Crippen molar-refractivity contribution in [3.8, 4) is 0 Å². The van der Waals surface area contributed by atoms with E-state index in [2.05, 4.69) is 46.8 Å². The average Bonchev–Trinajstić information content (AvgIpc) is 3.27. The number of rotatable bonds is 13. The first-order valence-electron chi connectivity index (χ1n) is 13.2. The molecule has 0 aliphatic heterocycles. The molecule has 2 N–H and O–H groups in total. The van der Waals surface area contributed by atoms with Crippen molar-refractivity contribution in [3.05, 3.63) is 89.7 Å². The molecule has 0 aliphatic carbocycles. The van der Waals surface area contributed by atoms with Gasteiger partial charge in [-0.2, -0.15) is 0 Å². The highest BCUT2D eigenvalue weighted by Crippen LogP contribution is 2.33. The van der Waals surface area contributed by atoms with Crippen LogP contribution in [0.4, 0.5) is 11.4 Å². The number of hydrogen-bond donors (Lipinski definition) is 2. The summed E-state index contributed by atoms with van der Waals surface area (Å²) in [5.74, 6) is -0.339. The number of carbonyl (C=O) groups excluding carboxylic acids is 2. The summed E-state index contributed by atoms with van der Waals surface area (Å²) in [7, 11) is 2.93. The minimum Gasteiger partial charge on any atom is -0.464 e. The number of aryl methyl sites for hydroxylation is 1. The molecular weight excluding hydrogens is 492 g/mol. The number of amides is 1. The van der Waals surface area contributed by atoms with E-state index < -0.39 is 5.97 Å². The zero-order valence-corrected chi connectivity index (χ0v) is 22.8. The fourth-order valence-electron chi connectivity index (χ4n) is 4.64. The third-order valence-corrected chi connectivity index (χ3v) is 6.82. The zero-order chi connectivity index (χ0) is 27.6. The van der Waals surface area contributed by atoms with E-state index in [0.29, 0.717) is 42.2 Å². The van der Waals surface area contributed by atoms with Crippen LogP contribution in [0.25, 0.3) is 11.0 Å². The van der Waals surface area contributed by atoms with Crippen molar-refractivity contribution < 1.29 is 19.1 Å². The number of carbonyl (C=O) groups is 2. The number of ether oxygens (including phenoxy) is 2. The van der Waals surface area contributed by atoms with E-state index >= 15 is 0 Å². The van der Waals surface area contributed by atoms with E-state index in [-0.39, 0.29) is 18.0 Å². The van der Waals surface area contributed by atoms with Gasteiger partial charge < -0.3 is 24.7 Å². The van der Waals surface area contributed by atoms with Gasteiger partial charge in [-0.3, -0.25) is 4.79 Å². The lowest BCUT2D eigenvalue weighted by Crippen LogP contribution is -2.18. The summed E-state index contributed by atoms with van der Waals surface area (Å²) in [6.07, 6.45) is 3.56. The number of aromatic nitrogens is 2. The molecule has 1 atom stereocenters.